The molecule has 1 aromatic heterocycles. The Balaban J connectivity index is 1.91. The zero-order chi connectivity index (χ0) is 13.0. The SMILES string of the molecule is C[C@@H]1CNC[C@H]1c1nc2cc(Cl)ccc2n1C1CC1. The van der Waals surface area contributed by atoms with E-state index in [4.69, 9.17) is 16.6 Å². The van der Waals surface area contributed by atoms with Gasteiger partial charge in [0.2, 0.25) is 0 Å². The molecule has 1 aliphatic heterocycles. The smallest absolute Gasteiger partial charge is 0.114 e. The van der Waals surface area contributed by atoms with Crippen molar-refractivity contribution in [3.05, 3.63) is 29.0 Å². The summed E-state index contributed by atoms with van der Waals surface area (Å²) in [5.41, 5.74) is 2.30. The molecule has 1 aliphatic carbocycles. The molecule has 0 bridgehead atoms. The Morgan fingerprint density at radius 2 is 2.16 bits per heavy atom. The van der Waals surface area contributed by atoms with Crippen LogP contribution in [0.3, 0.4) is 0 Å². The number of aromatic nitrogens is 2. The number of imidazole rings is 1. The van der Waals surface area contributed by atoms with Gasteiger partial charge >= 0.3 is 0 Å². The summed E-state index contributed by atoms with van der Waals surface area (Å²) in [6, 6.07) is 6.75. The van der Waals surface area contributed by atoms with Crippen molar-refractivity contribution in [1.29, 1.82) is 0 Å². The molecule has 4 rings (SSSR count). The predicted molar refractivity (Wildman–Crippen MR) is 77.8 cm³/mol. The highest BCUT2D eigenvalue weighted by molar-refractivity contribution is 6.31. The zero-order valence-electron chi connectivity index (χ0n) is 11.1. The highest BCUT2D eigenvalue weighted by Gasteiger charge is 2.34. The van der Waals surface area contributed by atoms with Gasteiger partial charge in [-0.1, -0.05) is 18.5 Å². The van der Waals surface area contributed by atoms with Crippen LogP contribution in [0.1, 0.15) is 37.5 Å². The highest BCUT2D eigenvalue weighted by atomic mass is 35.5. The number of fused-ring (bicyclic) bond motifs is 1. The molecular weight excluding hydrogens is 258 g/mol. The van der Waals surface area contributed by atoms with Crippen LogP contribution in [0.25, 0.3) is 11.0 Å². The molecule has 0 radical (unpaired) electrons. The van der Waals surface area contributed by atoms with E-state index in [0.717, 1.165) is 23.6 Å². The Bertz CT molecular complexity index is 630. The van der Waals surface area contributed by atoms with Crippen molar-refractivity contribution in [3.63, 3.8) is 0 Å². The van der Waals surface area contributed by atoms with E-state index in [0.29, 0.717) is 17.9 Å². The molecule has 1 aromatic carbocycles. The lowest BCUT2D eigenvalue weighted by molar-refractivity contribution is 0.519. The minimum Gasteiger partial charge on any atom is -0.325 e. The summed E-state index contributed by atoms with van der Waals surface area (Å²) in [5.74, 6) is 2.45. The van der Waals surface area contributed by atoms with Crippen molar-refractivity contribution >= 4 is 22.6 Å². The van der Waals surface area contributed by atoms with Crippen LogP contribution >= 0.6 is 11.6 Å². The number of rotatable bonds is 2. The van der Waals surface area contributed by atoms with Gasteiger partial charge in [0.15, 0.2) is 0 Å². The van der Waals surface area contributed by atoms with Crippen molar-refractivity contribution < 1.29 is 0 Å². The molecule has 4 heteroatoms. The molecule has 1 N–H and O–H groups in total. The van der Waals surface area contributed by atoms with Crippen LogP contribution in [0, 0.1) is 5.92 Å². The average Bonchev–Trinajstić information content (AvgIpc) is 3.03. The summed E-state index contributed by atoms with van der Waals surface area (Å²) in [7, 11) is 0. The third-order valence-corrected chi connectivity index (χ3v) is 4.68. The topological polar surface area (TPSA) is 29.9 Å². The lowest BCUT2D eigenvalue weighted by atomic mass is 9.97. The van der Waals surface area contributed by atoms with E-state index in [-0.39, 0.29) is 0 Å². The summed E-state index contributed by atoms with van der Waals surface area (Å²) in [4.78, 5) is 4.91. The first kappa shape index (κ1) is 11.7. The second-order valence-corrected chi connectivity index (χ2v) is 6.38. The molecule has 2 atom stereocenters. The van der Waals surface area contributed by atoms with Crippen LogP contribution < -0.4 is 5.32 Å². The van der Waals surface area contributed by atoms with Gasteiger partial charge in [0.1, 0.15) is 5.82 Å². The Morgan fingerprint density at radius 3 is 2.84 bits per heavy atom. The summed E-state index contributed by atoms with van der Waals surface area (Å²) in [6.45, 7) is 4.46. The number of nitrogens with zero attached hydrogens (tertiary/aromatic N) is 2. The van der Waals surface area contributed by atoms with Crippen molar-refractivity contribution in [3.8, 4) is 0 Å². The van der Waals surface area contributed by atoms with Crippen LogP contribution in [-0.4, -0.2) is 22.6 Å². The first-order valence-electron chi connectivity index (χ1n) is 7.12. The molecule has 2 heterocycles. The maximum Gasteiger partial charge on any atom is 0.114 e. The largest absolute Gasteiger partial charge is 0.325 e. The Labute approximate surface area is 118 Å². The zero-order valence-corrected chi connectivity index (χ0v) is 11.8. The number of hydrogen-bond acceptors (Lipinski definition) is 2. The predicted octanol–water partition coefficient (Wildman–Crippen LogP) is 3.35. The van der Waals surface area contributed by atoms with Crippen molar-refractivity contribution in [1.82, 2.24) is 14.9 Å². The second-order valence-electron chi connectivity index (χ2n) is 5.95. The van der Waals surface area contributed by atoms with Crippen LogP contribution in [0.15, 0.2) is 18.2 Å². The van der Waals surface area contributed by atoms with Gasteiger partial charge in [-0.3, -0.25) is 0 Å². The van der Waals surface area contributed by atoms with Gasteiger partial charge in [-0.2, -0.15) is 0 Å². The van der Waals surface area contributed by atoms with Crippen molar-refractivity contribution in [2.75, 3.05) is 13.1 Å². The molecular formula is C15H18ClN3. The number of nitrogens with one attached hydrogen (secondary N) is 1. The standard InChI is InChI=1S/C15H18ClN3/c1-9-7-17-8-12(9)15-18-13-6-10(16)2-5-14(13)19(15)11-3-4-11/h2,5-6,9,11-12,17H,3-4,7-8H2,1H3/t9-,12-/m1/s1. The highest BCUT2D eigenvalue weighted by Crippen LogP contribution is 2.42. The molecule has 0 spiro atoms. The van der Waals surface area contributed by atoms with Crippen LogP contribution in [0.4, 0.5) is 0 Å². The molecule has 3 nitrogen and oxygen atoms in total. The molecule has 2 fully saturated rings. The van der Waals surface area contributed by atoms with E-state index in [1.165, 1.54) is 24.2 Å². The summed E-state index contributed by atoms with van der Waals surface area (Å²) in [6.07, 6.45) is 2.57. The average molecular weight is 276 g/mol. The van der Waals surface area contributed by atoms with Gasteiger partial charge in [-0.15, -0.1) is 0 Å². The monoisotopic (exact) mass is 275 g/mol. The van der Waals surface area contributed by atoms with Crippen molar-refractivity contribution in [2.45, 2.75) is 31.7 Å². The first-order chi connectivity index (χ1) is 9.24. The first-order valence-corrected chi connectivity index (χ1v) is 7.50. The maximum atomic E-state index is 6.10. The quantitative estimate of drug-likeness (QED) is 0.911. The Hall–Kier alpha value is -1.06. The van der Waals surface area contributed by atoms with E-state index in [9.17, 15) is 0 Å². The van der Waals surface area contributed by atoms with Crippen LogP contribution in [0.5, 0.6) is 0 Å². The van der Waals surface area contributed by atoms with Crippen LogP contribution in [-0.2, 0) is 0 Å². The molecule has 1 saturated heterocycles. The third-order valence-electron chi connectivity index (χ3n) is 4.44. The van der Waals surface area contributed by atoms with Gasteiger partial charge < -0.3 is 9.88 Å². The molecule has 1 saturated carbocycles. The molecule has 19 heavy (non-hydrogen) atoms. The van der Waals surface area contributed by atoms with Crippen molar-refractivity contribution in [2.24, 2.45) is 5.92 Å². The third kappa shape index (κ3) is 1.87. The van der Waals surface area contributed by atoms with Gasteiger partial charge in [0.05, 0.1) is 11.0 Å². The Kier molecular flexibility index (Phi) is 2.61. The van der Waals surface area contributed by atoms with Gasteiger partial charge in [0.25, 0.3) is 0 Å². The summed E-state index contributed by atoms with van der Waals surface area (Å²) in [5, 5.41) is 4.26. The molecule has 2 aromatic rings. The lowest BCUT2D eigenvalue weighted by Crippen LogP contribution is -2.14. The minimum atomic E-state index is 0.534. The van der Waals surface area contributed by atoms with Gasteiger partial charge in [-0.05, 0) is 43.5 Å². The fourth-order valence-electron chi connectivity index (χ4n) is 3.22. The van der Waals surface area contributed by atoms with E-state index in [1.54, 1.807) is 0 Å². The molecule has 2 aliphatic rings. The fraction of sp³-hybridized carbons (Fsp3) is 0.533. The number of hydrogen-bond donors (Lipinski definition) is 1. The van der Waals surface area contributed by atoms with Crippen LogP contribution in [0.2, 0.25) is 5.02 Å². The number of halogens is 1. The van der Waals surface area contributed by atoms with E-state index < -0.39 is 0 Å². The second kappa shape index (κ2) is 4.22. The Morgan fingerprint density at radius 1 is 1.32 bits per heavy atom. The van der Waals surface area contributed by atoms with E-state index in [1.807, 2.05) is 12.1 Å². The maximum absolute atomic E-state index is 6.10. The molecule has 0 unspecified atom stereocenters. The van der Waals surface area contributed by atoms with E-state index in [2.05, 4.69) is 22.9 Å². The minimum absolute atomic E-state index is 0.534. The normalized spacial score (nSPS) is 27.3. The van der Waals surface area contributed by atoms with Gasteiger partial charge in [-0.25, -0.2) is 4.98 Å². The fourth-order valence-corrected chi connectivity index (χ4v) is 3.39. The summed E-state index contributed by atoms with van der Waals surface area (Å²) >= 11 is 6.10. The van der Waals surface area contributed by atoms with Gasteiger partial charge in [0, 0.05) is 23.5 Å². The molecule has 0 amide bonds. The number of benzene rings is 1. The van der Waals surface area contributed by atoms with E-state index >= 15 is 0 Å². The molecule has 100 valence electrons. The summed E-state index contributed by atoms with van der Waals surface area (Å²) < 4.78 is 2.47. The lowest BCUT2D eigenvalue weighted by Gasteiger charge is -2.16.